The highest BCUT2D eigenvalue weighted by atomic mass is 35.5. The zero-order valence-electron chi connectivity index (χ0n) is 14.0. The molecule has 130 valence electrons. The van der Waals surface area contributed by atoms with Crippen LogP contribution in [0.15, 0.2) is 47.3 Å². The number of Topliss-reactive ketones (excluding diaryl/α,β-unsaturated/α-hetero) is 1. The number of hydrogen-bond donors (Lipinski definition) is 1. The third kappa shape index (κ3) is 4.27. The first-order chi connectivity index (χ1) is 12.0. The first-order valence-electron chi connectivity index (χ1n) is 8.35. The molecule has 1 fully saturated rings. The number of aromatic amines is 1. The number of halogens is 1. The van der Waals surface area contributed by atoms with E-state index in [1.807, 2.05) is 30.3 Å². The minimum absolute atomic E-state index is 0.0291. The standard InChI is InChI=1S/C20H20ClNO3/c1-13(23)15-2-4-16(5-3-15)17(12-14-8-10-25-11-9-14)19-7-6-18(21)20(24)22-19/h2-7,12,14H,8-11H2,1H3,(H,22,24)/b17-12+. The predicted octanol–water partition coefficient (Wildman–Crippen LogP) is 4.09. The molecule has 0 atom stereocenters. The molecule has 5 heteroatoms. The van der Waals surface area contributed by atoms with Crippen LogP contribution in [0.3, 0.4) is 0 Å². The minimum Gasteiger partial charge on any atom is -0.381 e. The first kappa shape index (κ1) is 17.6. The Morgan fingerprint density at radius 1 is 1.12 bits per heavy atom. The van der Waals surface area contributed by atoms with Crippen molar-refractivity contribution < 1.29 is 9.53 Å². The SMILES string of the molecule is CC(=O)c1ccc(/C(=C\C2CCOCC2)c2ccc(Cl)c(=O)[nH]2)cc1. The first-order valence-corrected chi connectivity index (χ1v) is 8.72. The molecule has 0 aliphatic carbocycles. The molecular weight excluding hydrogens is 338 g/mol. The van der Waals surface area contributed by atoms with Gasteiger partial charge in [-0.25, -0.2) is 0 Å². The fourth-order valence-electron chi connectivity index (χ4n) is 2.96. The lowest BCUT2D eigenvalue weighted by Crippen LogP contribution is -2.15. The second kappa shape index (κ2) is 7.81. The van der Waals surface area contributed by atoms with E-state index < -0.39 is 0 Å². The molecule has 0 unspecified atom stereocenters. The van der Waals surface area contributed by atoms with Crippen molar-refractivity contribution in [1.82, 2.24) is 4.98 Å². The van der Waals surface area contributed by atoms with Crippen LogP contribution in [-0.2, 0) is 4.74 Å². The lowest BCUT2D eigenvalue weighted by atomic mass is 9.92. The fraction of sp³-hybridized carbons (Fsp3) is 0.300. The van der Waals surface area contributed by atoms with E-state index in [1.165, 1.54) is 0 Å². The van der Waals surface area contributed by atoms with Gasteiger partial charge in [0.25, 0.3) is 5.56 Å². The molecule has 25 heavy (non-hydrogen) atoms. The van der Waals surface area contributed by atoms with Gasteiger partial charge in [0.2, 0.25) is 0 Å². The monoisotopic (exact) mass is 357 g/mol. The molecule has 1 aliphatic rings. The van der Waals surface area contributed by atoms with Gasteiger partial charge >= 0.3 is 0 Å². The van der Waals surface area contributed by atoms with E-state index >= 15 is 0 Å². The molecule has 1 aliphatic heterocycles. The number of carbonyl (C=O) groups excluding carboxylic acids is 1. The Morgan fingerprint density at radius 3 is 2.36 bits per heavy atom. The number of ketones is 1. The summed E-state index contributed by atoms with van der Waals surface area (Å²) < 4.78 is 5.43. The van der Waals surface area contributed by atoms with Crippen LogP contribution in [0.25, 0.3) is 5.57 Å². The molecule has 1 saturated heterocycles. The zero-order chi connectivity index (χ0) is 17.8. The third-order valence-corrected chi connectivity index (χ3v) is 4.72. The summed E-state index contributed by atoms with van der Waals surface area (Å²) >= 11 is 5.86. The lowest BCUT2D eigenvalue weighted by molar-refractivity contribution is 0.0786. The van der Waals surface area contributed by atoms with Crippen LogP contribution in [0.1, 0.15) is 41.4 Å². The van der Waals surface area contributed by atoms with Crippen molar-refractivity contribution in [2.45, 2.75) is 19.8 Å². The van der Waals surface area contributed by atoms with Gasteiger partial charge in [0.1, 0.15) is 5.02 Å². The number of H-pyrrole nitrogens is 1. The van der Waals surface area contributed by atoms with E-state index in [4.69, 9.17) is 16.3 Å². The quantitative estimate of drug-likeness (QED) is 0.838. The topological polar surface area (TPSA) is 59.2 Å². The highest BCUT2D eigenvalue weighted by Gasteiger charge is 2.15. The number of benzene rings is 1. The molecule has 1 aromatic heterocycles. The van der Waals surface area contributed by atoms with Crippen molar-refractivity contribution in [2.24, 2.45) is 5.92 Å². The number of carbonyl (C=O) groups is 1. The Morgan fingerprint density at radius 2 is 1.76 bits per heavy atom. The Hall–Kier alpha value is -2.17. The highest BCUT2D eigenvalue weighted by molar-refractivity contribution is 6.30. The van der Waals surface area contributed by atoms with Crippen molar-refractivity contribution in [3.63, 3.8) is 0 Å². The van der Waals surface area contributed by atoms with E-state index in [0.29, 0.717) is 11.5 Å². The molecule has 2 heterocycles. The predicted molar refractivity (Wildman–Crippen MR) is 99.1 cm³/mol. The summed E-state index contributed by atoms with van der Waals surface area (Å²) in [5.74, 6) is 0.414. The van der Waals surface area contributed by atoms with Crippen LogP contribution >= 0.6 is 11.6 Å². The van der Waals surface area contributed by atoms with Crippen molar-refractivity contribution >= 4 is 23.0 Å². The fourth-order valence-corrected chi connectivity index (χ4v) is 3.07. The van der Waals surface area contributed by atoms with Gasteiger partial charge in [0.05, 0.1) is 0 Å². The second-order valence-corrected chi connectivity index (χ2v) is 6.62. The van der Waals surface area contributed by atoms with Crippen molar-refractivity contribution in [1.29, 1.82) is 0 Å². The van der Waals surface area contributed by atoms with Gasteiger partial charge in [-0.15, -0.1) is 0 Å². The summed E-state index contributed by atoms with van der Waals surface area (Å²) in [5, 5.41) is 0.168. The van der Waals surface area contributed by atoms with Crippen LogP contribution in [0.5, 0.6) is 0 Å². The van der Waals surface area contributed by atoms with Gasteiger partial charge < -0.3 is 9.72 Å². The van der Waals surface area contributed by atoms with Crippen molar-refractivity contribution in [3.8, 4) is 0 Å². The van der Waals surface area contributed by atoms with Crippen LogP contribution in [0.2, 0.25) is 5.02 Å². The molecule has 0 bridgehead atoms. The number of rotatable bonds is 4. The van der Waals surface area contributed by atoms with Gasteiger partial charge in [-0.2, -0.15) is 0 Å². The maximum absolute atomic E-state index is 11.9. The third-order valence-electron chi connectivity index (χ3n) is 4.42. The lowest BCUT2D eigenvalue weighted by Gasteiger charge is -2.21. The molecule has 3 rings (SSSR count). The summed E-state index contributed by atoms with van der Waals surface area (Å²) in [6, 6.07) is 10.9. The number of aromatic nitrogens is 1. The van der Waals surface area contributed by atoms with Gasteiger partial charge in [-0.05, 0) is 43.4 Å². The summed E-state index contributed by atoms with van der Waals surface area (Å²) in [7, 11) is 0. The summed E-state index contributed by atoms with van der Waals surface area (Å²) in [6.07, 6.45) is 4.09. The van der Waals surface area contributed by atoms with E-state index in [1.54, 1.807) is 13.0 Å². The molecule has 0 spiro atoms. The van der Waals surface area contributed by atoms with Crippen molar-refractivity contribution in [3.05, 3.63) is 74.7 Å². The van der Waals surface area contributed by atoms with Crippen LogP contribution in [-0.4, -0.2) is 24.0 Å². The molecule has 1 aromatic carbocycles. The molecule has 2 aromatic rings. The number of hydrogen-bond acceptors (Lipinski definition) is 3. The Labute approximate surface area is 151 Å². The molecule has 1 N–H and O–H groups in total. The molecule has 0 saturated carbocycles. The molecular formula is C20H20ClNO3. The van der Waals surface area contributed by atoms with Crippen molar-refractivity contribution in [2.75, 3.05) is 13.2 Å². The van der Waals surface area contributed by atoms with Gasteiger partial charge in [-0.1, -0.05) is 41.9 Å². The average molecular weight is 358 g/mol. The normalized spacial score (nSPS) is 16.0. The van der Waals surface area contributed by atoms with E-state index in [0.717, 1.165) is 42.9 Å². The maximum Gasteiger partial charge on any atom is 0.267 e. The maximum atomic E-state index is 11.9. The number of ether oxygens (including phenoxy) is 1. The minimum atomic E-state index is -0.308. The number of allylic oxidation sites excluding steroid dienone is 1. The molecule has 0 amide bonds. The van der Waals surface area contributed by atoms with E-state index in [9.17, 15) is 9.59 Å². The molecule has 4 nitrogen and oxygen atoms in total. The Bertz CT molecular complexity index is 846. The average Bonchev–Trinajstić information content (AvgIpc) is 2.63. The highest BCUT2D eigenvalue weighted by Crippen LogP contribution is 2.27. The van der Waals surface area contributed by atoms with Gasteiger partial charge in [0, 0.05) is 30.0 Å². The smallest absolute Gasteiger partial charge is 0.267 e. The summed E-state index contributed by atoms with van der Waals surface area (Å²) in [5.41, 5.74) is 2.97. The van der Waals surface area contributed by atoms with Crippen LogP contribution in [0, 0.1) is 5.92 Å². The number of pyridine rings is 1. The van der Waals surface area contributed by atoms with E-state index in [2.05, 4.69) is 11.1 Å². The summed E-state index contributed by atoms with van der Waals surface area (Å²) in [6.45, 7) is 3.04. The molecule has 0 radical (unpaired) electrons. The Balaban J connectivity index is 2.04. The zero-order valence-corrected chi connectivity index (χ0v) is 14.8. The van der Waals surface area contributed by atoms with Crippen LogP contribution < -0.4 is 5.56 Å². The van der Waals surface area contributed by atoms with Gasteiger partial charge in [0.15, 0.2) is 5.78 Å². The van der Waals surface area contributed by atoms with Gasteiger partial charge in [-0.3, -0.25) is 9.59 Å². The largest absolute Gasteiger partial charge is 0.381 e. The Kier molecular flexibility index (Phi) is 5.51. The van der Waals surface area contributed by atoms with E-state index in [-0.39, 0.29) is 16.4 Å². The number of nitrogens with one attached hydrogen (secondary N) is 1. The summed E-state index contributed by atoms with van der Waals surface area (Å²) in [4.78, 5) is 26.3. The second-order valence-electron chi connectivity index (χ2n) is 6.21. The van der Waals surface area contributed by atoms with Crippen LogP contribution in [0.4, 0.5) is 0 Å².